The highest BCUT2D eigenvalue weighted by molar-refractivity contribution is 6.37. The number of rotatable bonds is 5. The van der Waals surface area contributed by atoms with E-state index in [1.165, 1.54) is 6.92 Å². The first-order valence-corrected chi connectivity index (χ1v) is 4.88. The van der Waals surface area contributed by atoms with Crippen molar-refractivity contribution in [2.75, 3.05) is 6.61 Å². The lowest BCUT2D eigenvalue weighted by molar-refractivity contribution is -0.112. The van der Waals surface area contributed by atoms with Crippen molar-refractivity contribution in [3.8, 4) is 0 Å². The van der Waals surface area contributed by atoms with Crippen LogP contribution in [0.4, 0.5) is 0 Å². The van der Waals surface area contributed by atoms with Gasteiger partial charge in [0.15, 0.2) is 0 Å². The molecule has 1 aromatic rings. The number of nitrogens with zero attached hydrogens (tertiary/aromatic N) is 1. The van der Waals surface area contributed by atoms with E-state index in [0.717, 1.165) is 5.56 Å². The maximum Gasteiger partial charge on any atom is 0.266 e. The Balaban J connectivity index is 2.34. The van der Waals surface area contributed by atoms with Gasteiger partial charge in [0, 0.05) is 0 Å². The molecule has 0 aliphatic rings. The molecule has 0 heterocycles. The molecule has 0 spiro atoms. The fourth-order valence-corrected chi connectivity index (χ4v) is 0.970. The molecule has 2 N–H and O–H groups in total. The molecular formula is C12H14N2O2. The molecule has 0 saturated carbocycles. The molecule has 16 heavy (non-hydrogen) atoms. The zero-order chi connectivity index (χ0) is 11.8. The summed E-state index contributed by atoms with van der Waals surface area (Å²) in [4.78, 5) is 15.5. The van der Waals surface area contributed by atoms with Gasteiger partial charge in [-0.2, -0.15) is 0 Å². The highest BCUT2D eigenvalue weighted by atomic mass is 16.6. The minimum absolute atomic E-state index is 0.160. The van der Waals surface area contributed by atoms with Crippen LogP contribution in [0.15, 0.2) is 41.6 Å². The minimum atomic E-state index is -0.577. The Labute approximate surface area is 94.4 Å². The quantitative estimate of drug-likeness (QED) is 0.463. The molecule has 4 heteroatoms. The van der Waals surface area contributed by atoms with E-state index in [9.17, 15) is 4.79 Å². The predicted octanol–water partition coefficient (Wildman–Crippen LogP) is 1.58. The Kier molecular flexibility index (Phi) is 4.79. The van der Waals surface area contributed by atoms with E-state index in [1.54, 1.807) is 0 Å². The van der Waals surface area contributed by atoms with Gasteiger partial charge in [0.25, 0.3) is 5.91 Å². The van der Waals surface area contributed by atoms with Gasteiger partial charge in [0.1, 0.15) is 12.3 Å². The van der Waals surface area contributed by atoms with Crippen molar-refractivity contribution >= 4 is 17.7 Å². The monoisotopic (exact) mass is 218 g/mol. The van der Waals surface area contributed by atoms with Crippen LogP contribution in [0.5, 0.6) is 0 Å². The van der Waals surface area contributed by atoms with Crippen LogP contribution < -0.4 is 5.73 Å². The number of amides is 1. The molecular weight excluding hydrogens is 204 g/mol. The molecule has 0 fully saturated rings. The highest BCUT2D eigenvalue weighted by Crippen LogP contribution is 2.00. The molecule has 1 amide bonds. The molecule has 0 aromatic heterocycles. The number of nitrogens with two attached hydrogens (primary N) is 1. The zero-order valence-corrected chi connectivity index (χ0v) is 9.09. The van der Waals surface area contributed by atoms with Gasteiger partial charge in [0.2, 0.25) is 0 Å². The molecule has 4 nitrogen and oxygen atoms in total. The van der Waals surface area contributed by atoms with Gasteiger partial charge < -0.3 is 10.6 Å². The van der Waals surface area contributed by atoms with Gasteiger partial charge in [-0.3, -0.25) is 4.79 Å². The number of carbonyl (C=O) groups excluding carboxylic acids is 1. The van der Waals surface area contributed by atoms with Gasteiger partial charge in [-0.25, -0.2) is 0 Å². The normalized spacial score (nSPS) is 11.7. The van der Waals surface area contributed by atoms with Crippen molar-refractivity contribution in [3.05, 3.63) is 42.0 Å². The fraction of sp³-hybridized carbons (Fsp3) is 0.167. The average Bonchev–Trinajstić information content (AvgIpc) is 2.29. The first-order valence-electron chi connectivity index (χ1n) is 4.88. The number of benzene rings is 1. The largest absolute Gasteiger partial charge is 0.391 e. The standard InChI is InChI=1S/C12H14N2O2/c1-10(12(13)15)14-16-9-5-8-11-6-3-2-4-7-11/h2-8H,9H2,1H3,(H2,13,15). The number of oxime groups is 1. The van der Waals surface area contributed by atoms with Gasteiger partial charge in [-0.15, -0.1) is 0 Å². The number of hydrogen-bond acceptors (Lipinski definition) is 3. The van der Waals surface area contributed by atoms with E-state index < -0.39 is 5.91 Å². The summed E-state index contributed by atoms with van der Waals surface area (Å²) < 4.78 is 0. The Bertz CT molecular complexity index is 397. The lowest BCUT2D eigenvalue weighted by atomic mass is 10.2. The Hall–Kier alpha value is -2.10. The minimum Gasteiger partial charge on any atom is -0.391 e. The van der Waals surface area contributed by atoms with E-state index in [0.29, 0.717) is 6.61 Å². The summed E-state index contributed by atoms with van der Waals surface area (Å²) in [5, 5.41) is 3.55. The van der Waals surface area contributed by atoms with Crippen LogP contribution in [0.3, 0.4) is 0 Å². The van der Waals surface area contributed by atoms with Gasteiger partial charge in [0.05, 0.1) is 0 Å². The maximum atomic E-state index is 10.6. The van der Waals surface area contributed by atoms with E-state index in [4.69, 9.17) is 10.6 Å². The Morgan fingerprint density at radius 2 is 2.12 bits per heavy atom. The summed E-state index contributed by atoms with van der Waals surface area (Å²) in [7, 11) is 0. The Morgan fingerprint density at radius 1 is 1.44 bits per heavy atom. The molecule has 0 atom stereocenters. The highest BCUT2D eigenvalue weighted by Gasteiger charge is 1.97. The molecule has 0 aliphatic carbocycles. The SMILES string of the molecule is CC(=NOCC=Cc1ccccc1)C(N)=O. The first kappa shape index (κ1) is 12.0. The van der Waals surface area contributed by atoms with Crippen LogP contribution in [-0.2, 0) is 9.63 Å². The smallest absolute Gasteiger partial charge is 0.266 e. The van der Waals surface area contributed by atoms with E-state index in [1.807, 2.05) is 42.5 Å². The van der Waals surface area contributed by atoms with Gasteiger partial charge in [-0.05, 0) is 18.6 Å². The second kappa shape index (κ2) is 6.40. The second-order valence-corrected chi connectivity index (χ2v) is 3.15. The summed E-state index contributed by atoms with van der Waals surface area (Å²) in [5.41, 5.74) is 6.22. The van der Waals surface area contributed by atoms with Crippen LogP contribution in [0.25, 0.3) is 6.08 Å². The topological polar surface area (TPSA) is 64.7 Å². The zero-order valence-electron chi connectivity index (χ0n) is 9.09. The van der Waals surface area contributed by atoms with Crippen molar-refractivity contribution in [1.82, 2.24) is 0 Å². The lowest BCUT2D eigenvalue weighted by Crippen LogP contribution is -2.20. The third-order valence-electron chi connectivity index (χ3n) is 1.84. The molecule has 1 rings (SSSR count). The van der Waals surface area contributed by atoms with Crippen LogP contribution in [0.1, 0.15) is 12.5 Å². The van der Waals surface area contributed by atoms with Crippen molar-refractivity contribution < 1.29 is 9.63 Å². The second-order valence-electron chi connectivity index (χ2n) is 3.15. The number of hydrogen-bond donors (Lipinski definition) is 1. The van der Waals surface area contributed by atoms with Crippen LogP contribution in [0.2, 0.25) is 0 Å². The van der Waals surface area contributed by atoms with Crippen LogP contribution in [0, 0.1) is 0 Å². The van der Waals surface area contributed by atoms with E-state index in [-0.39, 0.29) is 5.71 Å². The molecule has 84 valence electrons. The van der Waals surface area contributed by atoms with Gasteiger partial charge in [-0.1, -0.05) is 41.6 Å². The molecule has 0 radical (unpaired) electrons. The van der Waals surface area contributed by atoms with Crippen molar-refractivity contribution in [2.24, 2.45) is 10.9 Å². The van der Waals surface area contributed by atoms with Crippen LogP contribution in [-0.4, -0.2) is 18.2 Å². The summed E-state index contributed by atoms with van der Waals surface area (Å²) in [5.74, 6) is -0.577. The summed E-state index contributed by atoms with van der Waals surface area (Å²) in [6, 6.07) is 9.82. The third kappa shape index (κ3) is 4.41. The van der Waals surface area contributed by atoms with Crippen LogP contribution >= 0.6 is 0 Å². The summed E-state index contributed by atoms with van der Waals surface area (Å²) in [6.07, 6.45) is 3.72. The number of carbonyl (C=O) groups is 1. The predicted molar refractivity (Wildman–Crippen MR) is 63.7 cm³/mol. The van der Waals surface area contributed by atoms with Crippen molar-refractivity contribution in [3.63, 3.8) is 0 Å². The third-order valence-corrected chi connectivity index (χ3v) is 1.84. The molecule has 0 bridgehead atoms. The number of primary amides is 1. The van der Waals surface area contributed by atoms with Crippen molar-refractivity contribution in [1.29, 1.82) is 0 Å². The average molecular weight is 218 g/mol. The Morgan fingerprint density at radius 3 is 2.75 bits per heavy atom. The molecule has 0 saturated heterocycles. The van der Waals surface area contributed by atoms with Crippen molar-refractivity contribution in [2.45, 2.75) is 6.92 Å². The van der Waals surface area contributed by atoms with Gasteiger partial charge >= 0.3 is 0 Å². The summed E-state index contributed by atoms with van der Waals surface area (Å²) >= 11 is 0. The molecule has 0 aliphatic heterocycles. The fourth-order valence-electron chi connectivity index (χ4n) is 0.970. The molecule has 1 aromatic carbocycles. The maximum absolute atomic E-state index is 10.6. The lowest BCUT2D eigenvalue weighted by Gasteiger charge is -1.95. The van der Waals surface area contributed by atoms with E-state index >= 15 is 0 Å². The van der Waals surface area contributed by atoms with E-state index in [2.05, 4.69) is 5.16 Å². The summed E-state index contributed by atoms with van der Waals surface area (Å²) in [6.45, 7) is 1.81. The first-order chi connectivity index (χ1) is 7.70. The molecule has 0 unspecified atom stereocenters.